The first-order valence-corrected chi connectivity index (χ1v) is 11.0. The highest BCUT2D eigenvalue weighted by Crippen LogP contribution is 2.20. The number of halogens is 1. The molecule has 0 bridgehead atoms. The number of piperazine rings is 1. The molecule has 31 heavy (non-hydrogen) atoms. The molecule has 2 unspecified atom stereocenters. The molecule has 162 valence electrons. The standard InChI is InChI=1S/C23H27FN6O/c1-31-21-10-4-17(5-11-21)15-30-23(25-26-27-30)22(18-6-8-19(24)9-7-18)29-14-13-28-12-2-3-20(28)16-29/h4-11,20,22H,2-3,12-16H2,1H3/p+2/t20-,22+/m1/s1. The topological polar surface area (TPSA) is 61.7 Å². The third-order valence-corrected chi connectivity index (χ3v) is 6.82. The van der Waals surface area contributed by atoms with Crippen LogP contribution in [0.3, 0.4) is 0 Å². The molecule has 4 atom stereocenters. The van der Waals surface area contributed by atoms with E-state index in [2.05, 4.69) is 15.5 Å². The third kappa shape index (κ3) is 4.18. The Morgan fingerprint density at radius 3 is 2.68 bits per heavy atom. The molecule has 3 aromatic rings. The number of tetrazole rings is 1. The fourth-order valence-electron chi connectivity index (χ4n) is 5.22. The van der Waals surface area contributed by atoms with Crippen LogP contribution >= 0.6 is 0 Å². The van der Waals surface area contributed by atoms with Crippen molar-refractivity contribution in [1.82, 2.24) is 20.2 Å². The maximum absolute atomic E-state index is 13.7. The van der Waals surface area contributed by atoms with E-state index in [0.717, 1.165) is 42.3 Å². The van der Waals surface area contributed by atoms with E-state index in [1.807, 2.05) is 41.1 Å². The van der Waals surface area contributed by atoms with Gasteiger partial charge in [0.05, 0.1) is 20.2 Å². The fourth-order valence-corrected chi connectivity index (χ4v) is 5.22. The monoisotopic (exact) mass is 424 g/mol. The van der Waals surface area contributed by atoms with Crippen LogP contribution in [0.5, 0.6) is 5.75 Å². The van der Waals surface area contributed by atoms with Crippen molar-refractivity contribution in [2.75, 3.05) is 33.3 Å². The summed E-state index contributed by atoms with van der Waals surface area (Å²) >= 11 is 0. The van der Waals surface area contributed by atoms with Gasteiger partial charge in [0.25, 0.3) is 0 Å². The molecule has 2 fully saturated rings. The van der Waals surface area contributed by atoms with Gasteiger partial charge < -0.3 is 14.5 Å². The van der Waals surface area contributed by atoms with Crippen molar-refractivity contribution in [3.8, 4) is 5.75 Å². The minimum absolute atomic E-state index is 0.0176. The van der Waals surface area contributed by atoms with Crippen molar-refractivity contribution in [2.24, 2.45) is 0 Å². The molecule has 1 aromatic heterocycles. The minimum Gasteiger partial charge on any atom is -0.497 e. The number of nitrogens with one attached hydrogen (secondary N) is 2. The molecule has 2 aliphatic heterocycles. The summed E-state index contributed by atoms with van der Waals surface area (Å²) in [5.74, 6) is 1.44. The molecule has 0 aliphatic carbocycles. The first-order valence-electron chi connectivity index (χ1n) is 11.0. The Labute approximate surface area is 181 Å². The lowest BCUT2D eigenvalue weighted by atomic mass is 10.0. The number of ether oxygens (including phenoxy) is 1. The van der Waals surface area contributed by atoms with Gasteiger partial charge in [0.1, 0.15) is 37.2 Å². The lowest BCUT2D eigenvalue weighted by Gasteiger charge is -2.36. The molecule has 0 radical (unpaired) electrons. The number of quaternary nitrogens is 2. The number of hydrogen-bond acceptors (Lipinski definition) is 4. The second kappa shape index (κ2) is 8.72. The molecule has 0 saturated carbocycles. The van der Waals surface area contributed by atoms with E-state index in [0.29, 0.717) is 12.6 Å². The van der Waals surface area contributed by atoms with E-state index >= 15 is 0 Å². The predicted molar refractivity (Wildman–Crippen MR) is 113 cm³/mol. The van der Waals surface area contributed by atoms with Crippen LogP contribution in [-0.4, -0.2) is 59.5 Å². The number of aromatic nitrogens is 4. The molecule has 2 aliphatic rings. The zero-order chi connectivity index (χ0) is 21.2. The van der Waals surface area contributed by atoms with Crippen molar-refractivity contribution >= 4 is 0 Å². The number of methoxy groups -OCH3 is 1. The SMILES string of the molecule is COc1ccc(Cn2nnnc2[C@H](c2ccc(F)cc2)[NH+]2CC[NH+]3CCC[C@@H]3C2)cc1. The van der Waals surface area contributed by atoms with Gasteiger partial charge in [0, 0.05) is 18.4 Å². The second-order valence-electron chi connectivity index (χ2n) is 8.64. The van der Waals surface area contributed by atoms with Crippen molar-refractivity contribution in [3.63, 3.8) is 0 Å². The summed E-state index contributed by atoms with van der Waals surface area (Å²) in [6, 6.07) is 15.5. The van der Waals surface area contributed by atoms with Gasteiger partial charge in [0.15, 0.2) is 6.04 Å². The van der Waals surface area contributed by atoms with Gasteiger partial charge in [-0.25, -0.2) is 9.07 Å². The maximum atomic E-state index is 13.7. The van der Waals surface area contributed by atoms with Crippen LogP contribution in [0.2, 0.25) is 0 Å². The Bertz CT molecular complexity index is 1010. The van der Waals surface area contributed by atoms with Crippen molar-refractivity contribution in [1.29, 1.82) is 0 Å². The van der Waals surface area contributed by atoms with Gasteiger partial charge in [-0.1, -0.05) is 12.1 Å². The molecule has 2 aromatic carbocycles. The Morgan fingerprint density at radius 1 is 1.10 bits per heavy atom. The van der Waals surface area contributed by atoms with Crippen LogP contribution in [0.1, 0.15) is 35.8 Å². The number of benzene rings is 2. The lowest BCUT2D eigenvalue weighted by molar-refractivity contribution is -1.03. The molecule has 0 spiro atoms. The molecule has 5 rings (SSSR count). The zero-order valence-electron chi connectivity index (χ0n) is 17.8. The van der Waals surface area contributed by atoms with Crippen molar-refractivity contribution in [2.45, 2.75) is 31.5 Å². The van der Waals surface area contributed by atoms with Gasteiger partial charge in [-0.05, 0) is 52.4 Å². The summed E-state index contributed by atoms with van der Waals surface area (Å²) in [5, 5.41) is 12.8. The van der Waals surface area contributed by atoms with E-state index in [4.69, 9.17) is 4.74 Å². The smallest absolute Gasteiger partial charge is 0.214 e. The normalized spacial score (nSPS) is 24.0. The Balaban J connectivity index is 1.46. The molecule has 3 heterocycles. The predicted octanol–water partition coefficient (Wildman–Crippen LogP) is -0.0957. The summed E-state index contributed by atoms with van der Waals surface area (Å²) in [4.78, 5) is 3.20. The Morgan fingerprint density at radius 2 is 1.90 bits per heavy atom. The van der Waals surface area contributed by atoms with Crippen molar-refractivity contribution < 1.29 is 18.9 Å². The van der Waals surface area contributed by atoms with Crippen LogP contribution in [0.4, 0.5) is 4.39 Å². The van der Waals surface area contributed by atoms with E-state index in [1.165, 1.54) is 36.4 Å². The van der Waals surface area contributed by atoms with Crippen LogP contribution in [-0.2, 0) is 6.54 Å². The average Bonchev–Trinajstić information content (AvgIpc) is 3.45. The summed E-state index contributed by atoms with van der Waals surface area (Å²) in [7, 11) is 1.66. The van der Waals surface area contributed by atoms with Crippen LogP contribution in [0.25, 0.3) is 0 Å². The number of rotatable bonds is 6. The molecule has 2 N–H and O–H groups in total. The van der Waals surface area contributed by atoms with Crippen LogP contribution < -0.4 is 14.5 Å². The van der Waals surface area contributed by atoms with Crippen molar-refractivity contribution in [3.05, 3.63) is 71.3 Å². The van der Waals surface area contributed by atoms with E-state index in [1.54, 1.807) is 12.0 Å². The highest BCUT2D eigenvalue weighted by atomic mass is 19.1. The number of nitrogens with zero attached hydrogens (tertiary/aromatic N) is 4. The summed E-state index contributed by atoms with van der Waals surface area (Å²) in [6.45, 7) is 5.18. The fraction of sp³-hybridized carbons (Fsp3) is 0.435. The van der Waals surface area contributed by atoms with Gasteiger partial charge in [-0.15, -0.1) is 5.10 Å². The second-order valence-corrected chi connectivity index (χ2v) is 8.64. The number of fused-ring (bicyclic) bond motifs is 1. The molecular formula is C23H29FN6O+2. The molecular weight excluding hydrogens is 395 g/mol. The van der Waals surface area contributed by atoms with Gasteiger partial charge in [-0.3, -0.25) is 0 Å². The minimum atomic E-state index is -0.222. The molecule has 7 nitrogen and oxygen atoms in total. The van der Waals surface area contributed by atoms with E-state index in [-0.39, 0.29) is 11.9 Å². The molecule has 0 amide bonds. The molecule has 2 saturated heterocycles. The van der Waals surface area contributed by atoms with Gasteiger partial charge >= 0.3 is 0 Å². The highest BCUT2D eigenvalue weighted by Gasteiger charge is 2.42. The summed E-state index contributed by atoms with van der Waals surface area (Å²) in [5.41, 5.74) is 2.16. The first kappa shape index (κ1) is 20.1. The summed E-state index contributed by atoms with van der Waals surface area (Å²) in [6.07, 6.45) is 2.59. The molecule has 8 heteroatoms. The van der Waals surface area contributed by atoms with E-state index in [9.17, 15) is 4.39 Å². The number of hydrogen-bond donors (Lipinski definition) is 2. The largest absolute Gasteiger partial charge is 0.497 e. The van der Waals surface area contributed by atoms with Crippen LogP contribution in [0, 0.1) is 5.82 Å². The third-order valence-electron chi connectivity index (χ3n) is 6.82. The Kier molecular flexibility index (Phi) is 5.65. The van der Waals surface area contributed by atoms with Gasteiger partial charge in [-0.2, -0.15) is 0 Å². The summed E-state index contributed by atoms with van der Waals surface area (Å²) < 4.78 is 20.8. The zero-order valence-corrected chi connectivity index (χ0v) is 17.8. The first-order chi connectivity index (χ1) is 15.2. The van der Waals surface area contributed by atoms with Crippen LogP contribution in [0.15, 0.2) is 48.5 Å². The maximum Gasteiger partial charge on any atom is 0.214 e. The van der Waals surface area contributed by atoms with E-state index < -0.39 is 0 Å². The highest BCUT2D eigenvalue weighted by molar-refractivity contribution is 5.28. The lowest BCUT2D eigenvalue weighted by Crippen LogP contribution is -3.29. The quantitative estimate of drug-likeness (QED) is 0.581. The average molecular weight is 425 g/mol. The van der Waals surface area contributed by atoms with Gasteiger partial charge in [0.2, 0.25) is 5.82 Å². The Hall–Kier alpha value is -2.84.